The van der Waals surface area contributed by atoms with Crippen molar-refractivity contribution in [2.75, 3.05) is 20.1 Å². The van der Waals surface area contributed by atoms with Crippen LogP contribution in [0.4, 0.5) is 0 Å². The average molecular weight is 228 g/mol. The third kappa shape index (κ3) is 2.04. The Morgan fingerprint density at radius 3 is 2.50 bits per heavy atom. The lowest BCUT2D eigenvalue weighted by molar-refractivity contribution is -0.157. The van der Waals surface area contributed by atoms with Crippen LogP contribution in [0.25, 0.3) is 0 Å². The van der Waals surface area contributed by atoms with E-state index in [1.165, 1.54) is 0 Å². The van der Waals surface area contributed by atoms with Crippen LogP contribution in [0.2, 0.25) is 0 Å². The molecule has 5 heteroatoms. The predicted molar refractivity (Wildman–Crippen MR) is 60.1 cm³/mol. The number of amides is 1. The first-order valence-corrected chi connectivity index (χ1v) is 5.57. The van der Waals surface area contributed by atoms with Crippen molar-refractivity contribution in [3.63, 3.8) is 0 Å². The number of carbonyl (C=O) groups excluding carboxylic acids is 1. The summed E-state index contributed by atoms with van der Waals surface area (Å²) in [5.74, 6) is -0.869. The molecule has 1 aliphatic rings. The number of carbonyl (C=O) groups is 2. The number of hydrogen-bond acceptors (Lipinski definition) is 3. The maximum atomic E-state index is 12.0. The van der Waals surface area contributed by atoms with Crippen LogP contribution in [-0.4, -0.2) is 58.5 Å². The molecule has 1 rings (SSSR count). The van der Waals surface area contributed by atoms with E-state index in [9.17, 15) is 9.59 Å². The van der Waals surface area contributed by atoms with Crippen LogP contribution in [-0.2, 0) is 9.59 Å². The number of carboxylic acids is 1. The molecule has 0 aromatic heterocycles. The Morgan fingerprint density at radius 1 is 1.50 bits per heavy atom. The highest BCUT2D eigenvalue weighted by Gasteiger charge is 2.44. The van der Waals surface area contributed by atoms with Gasteiger partial charge >= 0.3 is 5.97 Å². The molecule has 0 spiro atoms. The lowest BCUT2D eigenvalue weighted by Gasteiger charge is -2.47. The van der Waals surface area contributed by atoms with E-state index in [-0.39, 0.29) is 5.91 Å². The zero-order chi connectivity index (χ0) is 12.5. The zero-order valence-corrected chi connectivity index (χ0v) is 10.4. The van der Waals surface area contributed by atoms with Crippen molar-refractivity contribution in [1.82, 2.24) is 9.80 Å². The van der Waals surface area contributed by atoms with E-state index in [1.54, 1.807) is 30.7 Å². The second kappa shape index (κ2) is 4.41. The van der Waals surface area contributed by atoms with Gasteiger partial charge in [-0.25, -0.2) is 0 Å². The van der Waals surface area contributed by atoms with Gasteiger partial charge in [0.05, 0.1) is 5.54 Å². The van der Waals surface area contributed by atoms with E-state index in [0.717, 1.165) is 0 Å². The van der Waals surface area contributed by atoms with Gasteiger partial charge in [-0.1, -0.05) is 6.92 Å². The first kappa shape index (κ1) is 13.0. The molecule has 1 aliphatic heterocycles. The Morgan fingerprint density at radius 2 is 2.06 bits per heavy atom. The highest BCUT2D eigenvalue weighted by molar-refractivity contribution is 5.87. The third-order valence-corrected chi connectivity index (χ3v) is 3.31. The van der Waals surface area contributed by atoms with Crippen molar-refractivity contribution in [3.05, 3.63) is 0 Å². The van der Waals surface area contributed by atoms with Crippen molar-refractivity contribution in [3.8, 4) is 0 Å². The zero-order valence-electron chi connectivity index (χ0n) is 10.4. The molecule has 0 aliphatic carbocycles. The van der Waals surface area contributed by atoms with Crippen LogP contribution in [0.3, 0.4) is 0 Å². The summed E-state index contributed by atoms with van der Waals surface area (Å²) in [6.45, 7) is 6.61. The minimum atomic E-state index is -0.854. The molecular formula is C11H20N2O3. The van der Waals surface area contributed by atoms with Crippen molar-refractivity contribution >= 4 is 11.9 Å². The summed E-state index contributed by atoms with van der Waals surface area (Å²) in [7, 11) is 1.75. The van der Waals surface area contributed by atoms with Gasteiger partial charge in [-0.05, 0) is 20.3 Å². The summed E-state index contributed by atoms with van der Waals surface area (Å²) in [5, 5.41) is 9.14. The fourth-order valence-corrected chi connectivity index (χ4v) is 2.30. The standard InChI is InChI=1S/C11H20N2O3/c1-5-8(9(14)15)13-7-6-12(4)10(16)11(13,2)3/h8H,5-7H2,1-4H3,(H,14,15). The van der Waals surface area contributed by atoms with E-state index in [1.807, 2.05) is 6.92 Å². The van der Waals surface area contributed by atoms with Gasteiger partial charge in [-0.2, -0.15) is 0 Å². The summed E-state index contributed by atoms with van der Waals surface area (Å²) < 4.78 is 0. The van der Waals surface area contributed by atoms with E-state index >= 15 is 0 Å². The Labute approximate surface area is 96.0 Å². The highest BCUT2D eigenvalue weighted by Crippen LogP contribution is 2.25. The molecule has 1 N–H and O–H groups in total. The summed E-state index contributed by atoms with van der Waals surface area (Å²) in [4.78, 5) is 26.6. The molecule has 5 nitrogen and oxygen atoms in total. The van der Waals surface area contributed by atoms with Crippen LogP contribution < -0.4 is 0 Å². The van der Waals surface area contributed by atoms with Gasteiger partial charge in [0.2, 0.25) is 5.91 Å². The molecule has 1 atom stereocenters. The van der Waals surface area contributed by atoms with Crippen molar-refractivity contribution in [2.45, 2.75) is 38.8 Å². The fraction of sp³-hybridized carbons (Fsp3) is 0.818. The van der Waals surface area contributed by atoms with Crippen LogP contribution in [0.1, 0.15) is 27.2 Å². The lowest BCUT2D eigenvalue weighted by Crippen LogP contribution is -2.65. The molecule has 1 amide bonds. The van der Waals surface area contributed by atoms with Gasteiger partial charge in [0.1, 0.15) is 6.04 Å². The summed E-state index contributed by atoms with van der Waals surface area (Å²) >= 11 is 0. The van der Waals surface area contributed by atoms with Gasteiger partial charge < -0.3 is 10.0 Å². The van der Waals surface area contributed by atoms with Gasteiger partial charge in [-0.3, -0.25) is 14.5 Å². The van der Waals surface area contributed by atoms with E-state index in [0.29, 0.717) is 19.5 Å². The Bertz CT molecular complexity index is 302. The SMILES string of the molecule is CCC(C(=O)O)N1CCN(C)C(=O)C1(C)C. The smallest absolute Gasteiger partial charge is 0.320 e. The number of nitrogens with zero attached hydrogens (tertiary/aromatic N) is 2. The van der Waals surface area contributed by atoms with Crippen LogP contribution in [0.5, 0.6) is 0 Å². The summed E-state index contributed by atoms with van der Waals surface area (Å²) in [6.07, 6.45) is 0.510. The molecule has 1 fully saturated rings. The Hall–Kier alpha value is -1.10. The molecule has 0 saturated carbocycles. The molecule has 1 unspecified atom stereocenters. The minimum absolute atomic E-state index is 0.0153. The minimum Gasteiger partial charge on any atom is -0.480 e. The van der Waals surface area contributed by atoms with E-state index in [4.69, 9.17) is 5.11 Å². The molecule has 1 saturated heterocycles. The summed E-state index contributed by atoms with van der Waals surface area (Å²) in [5.41, 5.74) is -0.730. The van der Waals surface area contributed by atoms with Crippen molar-refractivity contribution in [1.29, 1.82) is 0 Å². The van der Waals surface area contributed by atoms with E-state index < -0.39 is 17.6 Å². The highest BCUT2D eigenvalue weighted by atomic mass is 16.4. The first-order valence-electron chi connectivity index (χ1n) is 5.57. The molecule has 92 valence electrons. The number of carboxylic acid groups (broad SMARTS) is 1. The average Bonchev–Trinajstić information content (AvgIpc) is 2.19. The molecule has 0 aromatic rings. The monoisotopic (exact) mass is 228 g/mol. The third-order valence-electron chi connectivity index (χ3n) is 3.31. The molecule has 16 heavy (non-hydrogen) atoms. The number of likely N-dealkylation sites (N-methyl/N-ethyl adjacent to an activating group) is 1. The molecular weight excluding hydrogens is 208 g/mol. The maximum Gasteiger partial charge on any atom is 0.320 e. The van der Waals surface area contributed by atoms with Gasteiger partial charge in [0.25, 0.3) is 0 Å². The number of aliphatic carboxylic acids is 1. The van der Waals surface area contributed by atoms with Crippen LogP contribution in [0, 0.1) is 0 Å². The largest absolute Gasteiger partial charge is 0.480 e. The van der Waals surface area contributed by atoms with Gasteiger partial charge in [0, 0.05) is 20.1 Å². The topological polar surface area (TPSA) is 60.9 Å². The second-order valence-corrected chi connectivity index (χ2v) is 4.74. The van der Waals surface area contributed by atoms with Gasteiger partial charge in [0.15, 0.2) is 0 Å². The predicted octanol–water partition coefficient (Wildman–Crippen LogP) is 0.402. The summed E-state index contributed by atoms with van der Waals surface area (Å²) in [6, 6.07) is -0.576. The lowest BCUT2D eigenvalue weighted by atomic mass is 9.94. The maximum absolute atomic E-state index is 12.0. The first-order chi connectivity index (χ1) is 7.32. The van der Waals surface area contributed by atoms with Crippen molar-refractivity contribution < 1.29 is 14.7 Å². The van der Waals surface area contributed by atoms with Crippen molar-refractivity contribution in [2.24, 2.45) is 0 Å². The van der Waals surface area contributed by atoms with Gasteiger partial charge in [-0.15, -0.1) is 0 Å². The number of rotatable bonds is 3. The quantitative estimate of drug-likeness (QED) is 0.759. The molecule has 0 radical (unpaired) electrons. The fourth-order valence-electron chi connectivity index (χ4n) is 2.30. The normalized spacial score (nSPS) is 23.2. The second-order valence-electron chi connectivity index (χ2n) is 4.74. The molecule has 0 aromatic carbocycles. The van der Waals surface area contributed by atoms with E-state index in [2.05, 4.69) is 0 Å². The van der Waals surface area contributed by atoms with Crippen LogP contribution >= 0.6 is 0 Å². The number of piperazine rings is 1. The molecule has 0 bridgehead atoms. The Kier molecular flexibility index (Phi) is 3.57. The van der Waals surface area contributed by atoms with Crippen LogP contribution in [0.15, 0.2) is 0 Å². The molecule has 1 heterocycles. The Balaban J connectivity index is 2.96. The number of hydrogen-bond donors (Lipinski definition) is 1.